The molecule has 0 aromatic rings. The summed E-state index contributed by atoms with van der Waals surface area (Å²) in [4.78, 5) is 30.2. The Morgan fingerprint density at radius 2 is 1.73 bits per heavy atom. The third-order valence-electron chi connectivity index (χ3n) is 1.42. The van der Waals surface area contributed by atoms with Crippen molar-refractivity contribution < 1.29 is 24.6 Å². The van der Waals surface area contributed by atoms with Crippen LogP contribution in [0.25, 0.3) is 0 Å². The summed E-state index contributed by atoms with van der Waals surface area (Å²) in [6.07, 6.45) is 0. The minimum atomic E-state index is -1.18. The predicted octanol–water partition coefficient (Wildman–Crippen LogP) is -3.38. The smallest absolute Gasteiger partial charge is 0.322 e. The van der Waals surface area contributed by atoms with E-state index in [4.69, 9.17) is 15.9 Å². The Morgan fingerprint density at radius 3 is 1.87 bits per heavy atom. The van der Waals surface area contributed by atoms with Crippen LogP contribution >= 0.6 is 0 Å². The summed E-state index contributed by atoms with van der Waals surface area (Å²) in [5.74, 6) is -2.24. The minimum Gasteiger partial charge on any atom is -0.480 e. The number of carboxylic acid groups (broad SMARTS) is 1. The lowest BCUT2D eigenvalue weighted by Crippen LogP contribution is -2.49. The van der Waals surface area contributed by atoms with Crippen LogP contribution in [0.3, 0.4) is 0 Å². The number of hydrogen-bond donors (Lipinski definition) is 5. The molecule has 0 spiro atoms. The normalized spacial score (nSPS) is 16.7. The Bertz CT molecular complexity index is 239. The van der Waals surface area contributed by atoms with Gasteiger partial charge in [0.05, 0.1) is 6.61 Å². The number of carbonyl (C=O) groups excluding carboxylic acids is 2. The van der Waals surface area contributed by atoms with Crippen molar-refractivity contribution in [3.63, 3.8) is 0 Å². The third kappa shape index (κ3) is 5.60. The zero-order chi connectivity index (χ0) is 11.8. The van der Waals surface area contributed by atoms with Gasteiger partial charge in [0.2, 0.25) is 0 Å². The summed E-state index contributed by atoms with van der Waals surface area (Å²) in [7, 11) is 0. The van der Waals surface area contributed by atoms with Gasteiger partial charge < -0.3 is 26.6 Å². The molecule has 8 heteroatoms. The molecule has 0 aliphatic carbocycles. The van der Waals surface area contributed by atoms with E-state index in [1.54, 1.807) is 0 Å². The van der Waals surface area contributed by atoms with Crippen LogP contribution in [-0.4, -0.2) is 53.7 Å². The van der Waals surface area contributed by atoms with Gasteiger partial charge in [-0.1, -0.05) is 0 Å². The largest absolute Gasteiger partial charge is 0.480 e. The van der Waals surface area contributed by atoms with Crippen molar-refractivity contribution in [3.8, 4) is 0 Å². The van der Waals surface area contributed by atoms with E-state index in [1.165, 1.54) is 0 Å². The number of aliphatic hydroxyl groups is 1. The van der Waals surface area contributed by atoms with Gasteiger partial charge in [0, 0.05) is 13.1 Å². The highest BCUT2D eigenvalue weighted by atomic mass is 16.4. The van der Waals surface area contributed by atoms with Gasteiger partial charge in [-0.3, -0.25) is 14.4 Å². The molecule has 1 atom stereocenters. The standard InChI is InChI=1S/C4H6N2O2.C3H7NO3/c7-3-4(8)6-2-1-5-3;4-2(1-5)3(6)7/h1-2H2,(H,5,7)(H,6,8);2,5H,1,4H2,(H,6,7). The van der Waals surface area contributed by atoms with E-state index in [-0.39, 0.29) is 0 Å². The molecule has 1 rings (SSSR count). The van der Waals surface area contributed by atoms with Crippen LogP contribution < -0.4 is 16.4 Å². The molecule has 0 radical (unpaired) electrons. The molecule has 1 saturated heterocycles. The maximum Gasteiger partial charge on any atom is 0.322 e. The Morgan fingerprint density at radius 1 is 1.33 bits per heavy atom. The van der Waals surface area contributed by atoms with Gasteiger partial charge in [-0.15, -0.1) is 0 Å². The fourth-order valence-electron chi connectivity index (χ4n) is 0.591. The van der Waals surface area contributed by atoms with E-state index < -0.39 is 30.4 Å². The monoisotopic (exact) mass is 219 g/mol. The topological polar surface area (TPSA) is 142 Å². The van der Waals surface area contributed by atoms with E-state index in [0.717, 1.165) is 0 Å². The Labute approximate surface area is 85.4 Å². The highest BCUT2D eigenvalue weighted by Crippen LogP contribution is 1.73. The van der Waals surface area contributed by atoms with Crippen molar-refractivity contribution in [3.05, 3.63) is 0 Å². The molecule has 6 N–H and O–H groups in total. The highest BCUT2D eigenvalue weighted by molar-refractivity contribution is 6.35. The summed E-state index contributed by atoms with van der Waals surface area (Å²) in [6.45, 7) is 0.588. The van der Waals surface area contributed by atoms with Crippen LogP contribution in [-0.2, 0) is 14.4 Å². The van der Waals surface area contributed by atoms with E-state index >= 15 is 0 Å². The number of rotatable bonds is 2. The molecule has 1 fully saturated rings. The number of piperazine rings is 1. The summed E-state index contributed by atoms with van der Waals surface area (Å²) in [6, 6.07) is -1.13. The zero-order valence-electron chi connectivity index (χ0n) is 7.90. The van der Waals surface area contributed by atoms with Crippen molar-refractivity contribution >= 4 is 17.8 Å². The van der Waals surface area contributed by atoms with Gasteiger partial charge in [0.1, 0.15) is 6.04 Å². The van der Waals surface area contributed by atoms with Crippen LogP contribution in [0.4, 0.5) is 0 Å². The number of carboxylic acids is 1. The van der Waals surface area contributed by atoms with Gasteiger partial charge >= 0.3 is 17.8 Å². The fraction of sp³-hybridized carbons (Fsp3) is 0.571. The second-order valence-electron chi connectivity index (χ2n) is 2.64. The summed E-state index contributed by atoms with van der Waals surface area (Å²) in [5.41, 5.74) is 4.77. The van der Waals surface area contributed by atoms with Crippen LogP contribution in [0.5, 0.6) is 0 Å². The van der Waals surface area contributed by atoms with Crippen molar-refractivity contribution in [2.45, 2.75) is 6.04 Å². The van der Waals surface area contributed by atoms with Gasteiger partial charge in [-0.25, -0.2) is 0 Å². The van der Waals surface area contributed by atoms with E-state index in [0.29, 0.717) is 13.1 Å². The van der Waals surface area contributed by atoms with Gasteiger partial charge in [0.25, 0.3) is 0 Å². The molecule has 1 heterocycles. The average Bonchev–Trinajstić information content (AvgIpc) is 2.22. The first-order chi connectivity index (χ1) is 6.99. The zero-order valence-corrected chi connectivity index (χ0v) is 7.90. The molecule has 0 aromatic carbocycles. The SMILES string of the molecule is NC(CO)C(=O)O.O=C1NCCNC1=O. The number of nitrogens with two attached hydrogens (primary N) is 1. The highest BCUT2D eigenvalue weighted by Gasteiger charge is 2.15. The van der Waals surface area contributed by atoms with Crippen molar-refractivity contribution in [1.29, 1.82) is 0 Å². The lowest BCUT2D eigenvalue weighted by Gasteiger charge is -2.10. The first-order valence-electron chi connectivity index (χ1n) is 4.14. The Balaban J connectivity index is 0.000000265. The quantitative estimate of drug-likeness (QED) is 0.307. The summed E-state index contributed by atoms with van der Waals surface area (Å²) < 4.78 is 0. The molecule has 2 amide bonds. The third-order valence-corrected chi connectivity index (χ3v) is 1.42. The van der Waals surface area contributed by atoms with E-state index in [2.05, 4.69) is 10.6 Å². The lowest BCUT2D eigenvalue weighted by molar-refractivity contribution is -0.140. The summed E-state index contributed by atoms with van der Waals surface area (Å²) in [5, 5.41) is 20.7. The second kappa shape index (κ2) is 6.74. The number of amides is 2. The minimum absolute atomic E-state index is 0.505. The van der Waals surface area contributed by atoms with Crippen LogP contribution in [0, 0.1) is 0 Å². The molecule has 0 bridgehead atoms. The Hall–Kier alpha value is -1.67. The molecule has 0 aromatic heterocycles. The molecule has 1 aliphatic heterocycles. The van der Waals surface area contributed by atoms with E-state index in [1.807, 2.05) is 0 Å². The maximum absolute atomic E-state index is 10.3. The average molecular weight is 219 g/mol. The second-order valence-corrected chi connectivity index (χ2v) is 2.64. The molecular formula is C7H13N3O5. The van der Waals surface area contributed by atoms with Crippen LogP contribution in [0.15, 0.2) is 0 Å². The first kappa shape index (κ1) is 13.3. The molecule has 86 valence electrons. The van der Waals surface area contributed by atoms with Gasteiger partial charge in [-0.05, 0) is 0 Å². The molecule has 15 heavy (non-hydrogen) atoms. The summed E-state index contributed by atoms with van der Waals surface area (Å²) >= 11 is 0. The lowest BCUT2D eigenvalue weighted by atomic mass is 10.3. The van der Waals surface area contributed by atoms with Crippen LogP contribution in [0.2, 0.25) is 0 Å². The number of nitrogens with one attached hydrogen (secondary N) is 2. The van der Waals surface area contributed by atoms with Crippen LogP contribution in [0.1, 0.15) is 0 Å². The maximum atomic E-state index is 10.3. The number of aliphatic hydroxyl groups excluding tert-OH is 1. The molecule has 1 unspecified atom stereocenters. The van der Waals surface area contributed by atoms with Crippen molar-refractivity contribution in [2.75, 3.05) is 19.7 Å². The first-order valence-corrected chi connectivity index (χ1v) is 4.14. The molecule has 0 saturated carbocycles. The Kier molecular flexibility index (Phi) is 5.99. The molecule has 1 aliphatic rings. The van der Waals surface area contributed by atoms with Gasteiger partial charge in [0.15, 0.2) is 0 Å². The number of carbonyl (C=O) groups is 3. The van der Waals surface area contributed by atoms with Crippen molar-refractivity contribution in [2.24, 2.45) is 5.73 Å². The predicted molar refractivity (Wildman–Crippen MR) is 48.7 cm³/mol. The molecule has 8 nitrogen and oxygen atoms in total. The number of aliphatic carboxylic acids is 1. The fourth-order valence-corrected chi connectivity index (χ4v) is 0.591. The van der Waals surface area contributed by atoms with E-state index in [9.17, 15) is 14.4 Å². The molecular weight excluding hydrogens is 206 g/mol. The van der Waals surface area contributed by atoms with Gasteiger partial charge in [-0.2, -0.15) is 0 Å². The number of hydrogen-bond acceptors (Lipinski definition) is 5. The van der Waals surface area contributed by atoms with Crippen molar-refractivity contribution in [1.82, 2.24) is 10.6 Å².